The van der Waals surface area contributed by atoms with Gasteiger partial charge in [0.25, 0.3) is 0 Å². The number of aromatic nitrogens is 2. The van der Waals surface area contributed by atoms with E-state index in [4.69, 9.17) is 4.99 Å². The number of allylic oxidation sites excluding steroid dienone is 3. The second-order valence-corrected chi connectivity index (χ2v) is 5.15. The maximum atomic E-state index is 4.76. The van der Waals surface area contributed by atoms with Crippen molar-refractivity contribution < 1.29 is 0 Å². The lowest BCUT2D eigenvalue weighted by Gasteiger charge is -2.07. The molecule has 1 aromatic heterocycles. The van der Waals surface area contributed by atoms with E-state index in [0.29, 0.717) is 0 Å². The summed E-state index contributed by atoms with van der Waals surface area (Å²) in [5, 5.41) is 0. The van der Waals surface area contributed by atoms with Gasteiger partial charge in [-0.3, -0.25) is 4.99 Å². The molecule has 1 aliphatic heterocycles. The molecule has 21 heavy (non-hydrogen) atoms. The van der Waals surface area contributed by atoms with Crippen molar-refractivity contribution >= 4 is 11.9 Å². The Hall–Kier alpha value is -2.42. The summed E-state index contributed by atoms with van der Waals surface area (Å²) in [7, 11) is 0. The molecule has 3 nitrogen and oxygen atoms in total. The first-order valence-corrected chi connectivity index (χ1v) is 7.33. The van der Waals surface area contributed by atoms with Gasteiger partial charge >= 0.3 is 0 Å². The quantitative estimate of drug-likeness (QED) is 0.827. The van der Waals surface area contributed by atoms with Crippen molar-refractivity contribution in [1.29, 1.82) is 0 Å². The fourth-order valence-electron chi connectivity index (χ4n) is 2.53. The summed E-state index contributed by atoms with van der Waals surface area (Å²) < 4.78 is 2.07. The predicted molar refractivity (Wildman–Crippen MR) is 87.1 cm³/mol. The molecule has 0 aliphatic carbocycles. The van der Waals surface area contributed by atoms with Crippen LogP contribution in [0, 0.1) is 0 Å². The van der Waals surface area contributed by atoms with E-state index in [9.17, 15) is 0 Å². The lowest BCUT2D eigenvalue weighted by atomic mass is 10.0. The Bertz CT molecular complexity index is 677. The number of rotatable bonds is 4. The highest BCUT2D eigenvalue weighted by atomic mass is 15.0. The Labute approximate surface area is 125 Å². The van der Waals surface area contributed by atoms with E-state index in [2.05, 4.69) is 46.8 Å². The van der Waals surface area contributed by atoms with Crippen molar-refractivity contribution in [3.05, 3.63) is 71.8 Å². The van der Waals surface area contributed by atoms with Gasteiger partial charge in [0, 0.05) is 30.7 Å². The molecule has 2 heterocycles. The Morgan fingerprint density at radius 1 is 1.19 bits per heavy atom. The van der Waals surface area contributed by atoms with Crippen molar-refractivity contribution in [2.75, 3.05) is 0 Å². The molecule has 106 valence electrons. The molecule has 0 amide bonds. The zero-order valence-electron chi connectivity index (χ0n) is 12.2. The minimum atomic E-state index is 0.822. The van der Waals surface area contributed by atoms with Gasteiger partial charge in [0.1, 0.15) is 0 Å². The Kier molecular flexibility index (Phi) is 4.10. The molecule has 0 saturated carbocycles. The number of hydrogen-bond acceptors (Lipinski definition) is 2. The van der Waals surface area contributed by atoms with E-state index in [1.807, 2.05) is 24.8 Å². The minimum Gasteiger partial charge on any atom is -0.333 e. The van der Waals surface area contributed by atoms with Gasteiger partial charge < -0.3 is 4.57 Å². The van der Waals surface area contributed by atoms with E-state index in [-0.39, 0.29) is 0 Å². The normalized spacial score (nSPS) is 15.0. The van der Waals surface area contributed by atoms with E-state index >= 15 is 0 Å². The molecule has 1 aliphatic rings. The maximum absolute atomic E-state index is 4.76. The molecule has 2 aromatic rings. The van der Waals surface area contributed by atoms with Crippen LogP contribution < -0.4 is 0 Å². The van der Waals surface area contributed by atoms with Crippen molar-refractivity contribution in [2.24, 2.45) is 4.99 Å². The summed E-state index contributed by atoms with van der Waals surface area (Å²) in [5.74, 6) is 0. The summed E-state index contributed by atoms with van der Waals surface area (Å²) in [6.45, 7) is 3.02. The summed E-state index contributed by atoms with van der Waals surface area (Å²) in [6.07, 6.45) is 11.9. The van der Waals surface area contributed by atoms with Crippen LogP contribution in [0.15, 0.2) is 71.3 Å². The fourth-order valence-corrected chi connectivity index (χ4v) is 2.53. The third-order valence-corrected chi connectivity index (χ3v) is 3.70. The van der Waals surface area contributed by atoms with Crippen LogP contribution in [-0.2, 0) is 6.54 Å². The molecule has 0 bridgehead atoms. The molecular formula is C18H19N3. The second kappa shape index (κ2) is 6.35. The number of benzene rings is 1. The Morgan fingerprint density at radius 3 is 2.76 bits per heavy atom. The molecule has 0 radical (unpaired) electrons. The van der Waals surface area contributed by atoms with Crippen molar-refractivity contribution in [3.8, 4) is 0 Å². The van der Waals surface area contributed by atoms with E-state index in [1.54, 1.807) is 6.20 Å². The molecule has 0 spiro atoms. The average Bonchev–Trinajstić information content (AvgIpc) is 2.95. The van der Waals surface area contributed by atoms with Crippen LogP contribution in [0.3, 0.4) is 0 Å². The van der Waals surface area contributed by atoms with Gasteiger partial charge in [-0.05, 0) is 24.0 Å². The topological polar surface area (TPSA) is 30.2 Å². The van der Waals surface area contributed by atoms with Gasteiger partial charge in [-0.25, -0.2) is 4.98 Å². The van der Waals surface area contributed by atoms with Crippen molar-refractivity contribution in [3.63, 3.8) is 0 Å². The monoisotopic (exact) mass is 277 g/mol. The summed E-state index contributed by atoms with van der Waals surface area (Å²) >= 11 is 0. The molecule has 3 heteroatoms. The highest BCUT2D eigenvalue weighted by molar-refractivity contribution is 5.86. The van der Waals surface area contributed by atoms with Gasteiger partial charge in [0.2, 0.25) is 0 Å². The number of nitrogens with zero attached hydrogens (tertiary/aromatic N) is 3. The van der Waals surface area contributed by atoms with Crippen LogP contribution in [0.4, 0.5) is 0 Å². The highest BCUT2D eigenvalue weighted by Gasteiger charge is 2.10. The first-order chi connectivity index (χ1) is 10.4. The Morgan fingerprint density at radius 2 is 2.05 bits per heavy atom. The summed E-state index contributed by atoms with van der Waals surface area (Å²) in [5.41, 5.74) is 4.93. The molecule has 3 rings (SSSR count). The van der Waals surface area contributed by atoms with Gasteiger partial charge in [0.15, 0.2) is 0 Å². The molecule has 0 fully saturated rings. The fraction of sp³-hybridized carbons (Fsp3) is 0.222. The standard InChI is InChI=1S/C18H19N3/c1-2-16-9-8-15(13-21-11-10-19-14-21)12-20-18(16)17-6-4-3-5-7-17/h3-8,10-12,14H,2,9,13H2,1H3. The first-order valence-electron chi connectivity index (χ1n) is 7.33. The third-order valence-electron chi connectivity index (χ3n) is 3.70. The number of aliphatic imine (C=N–C) groups is 1. The predicted octanol–water partition coefficient (Wildman–Crippen LogP) is 4.11. The van der Waals surface area contributed by atoms with Crippen LogP contribution >= 0.6 is 0 Å². The lowest BCUT2D eigenvalue weighted by Crippen LogP contribution is -1.99. The van der Waals surface area contributed by atoms with Gasteiger partial charge in [0.05, 0.1) is 12.0 Å². The van der Waals surface area contributed by atoms with Gasteiger partial charge in [-0.1, -0.05) is 43.3 Å². The largest absolute Gasteiger partial charge is 0.333 e. The maximum Gasteiger partial charge on any atom is 0.0949 e. The molecule has 0 N–H and O–H groups in total. The van der Waals surface area contributed by atoms with Crippen LogP contribution in [0.5, 0.6) is 0 Å². The molecular weight excluding hydrogens is 258 g/mol. The number of imidazole rings is 1. The van der Waals surface area contributed by atoms with Crippen LogP contribution in [0.2, 0.25) is 0 Å². The van der Waals surface area contributed by atoms with E-state index in [1.165, 1.54) is 16.7 Å². The van der Waals surface area contributed by atoms with E-state index in [0.717, 1.165) is 25.1 Å². The molecule has 0 unspecified atom stereocenters. The zero-order valence-corrected chi connectivity index (χ0v) is 12.2. The zero-order chi connectivity index (χ0) is 14.5. The molecule has 1 aromatic carbocycles. The van der Waals surface area contributed by atoms with Gasteiger partial charge in [-0.2, -0.15) is 0 Å². The highest BCUT2D eigenvalue weighted by Crippen LogP contribution is 2.27. The van der Waals surface area contributed by atoms with Gasteiger partial charge in [-0.15, -0.1) is 0 Å². The van der Waals surface area contributed by atoms with Crippen molar-refractivity contribution in [1.82, 2.24) is 9.55 Å². The summed E-state index contributed by atoms with van der Waals surface area (Å²) in [4.78, 5) is 8.85. The smallest absolute Gasteiger partial charge is 0.0949 e. The average molecular weight is 277 g/mol. The lowest BCUT2D eigenvalue weighted by molar-refractivity contribution is 0.802. The van der Waals surface area contributed by atoms with Crippen LogP contribution in [0.25, 0.3) is 5.70 Å². The van der Waals surface area contributed by atoms with E-state index < -0.39 is 0 Å². The van der Waals surface area contributed by atoms with Crippen LogP contribution in [0.1, 0.15) is 25.3 Å². The second-order valence-electron chi connectivity index (χ2n) is 5.15. The SMILES string of the molecule is CCC1=C(c2ccccc2)N=CC(Cn2ccnc2)=CC1. The number of hydrogen-bond donors (Lipinski definition) is 0. The molecule has 0 saturated heterocycles. The van der Waals surface area contributed by atoms with Crippen molar-refractivity contribution in [2.45, 2.75) is 26.3 Å². The minimum absolute atomic E-state index is 0.822. The molecule has 0 atom stereocenters. The third kappa shape index (κ3) is 3.19. The Balaban J connectivity index is 1.86. The van der Waals surface area contributed by atoms with Crippen LogP contribution in [-0.4, -0.2) is 15.8 Å². The summed E-state index contributed by atoms with van der Waals surface area (Å²) in [6, 6.07) is 10.4. The first kappa shape index (κ1) is 13.6.